The van der Waals surface area contributed by atoms with E-state index in [1.165, 1.54) is 17.8 Å². The van der Waals surface area contributed by atoms with Gasteiger partial charge in [-0.25, -0.2) is 0 Å². The van der Waals surface area contributed by atoms with Crippen molar-refractivity contribution in [3.05, 3.63) is 0 Å². The highest BCUT2D eigenvalue weighted by Gasteiger charge is 3.09. The topological polar surface area (TPSA) is 0 Å². The van der Waals surface area contributed by atoms with Crippen molar-refractivity contribution in [2.45, 2.75) is 19.8 Å². The van der Waals surface area contributed by atoms with Gasteiger partial charge < -0.3 is 0 Å². The van der Waals surface area contributed by atoms with E-state index in [-0.39, 0.29) is 0 Å². The lowest BCUT2D eigenvalue weighted by Gasteiger charge is -2.15. The summed E-state index contributed by atoms with van der Waals surface area (Å²) in [5, 5.41) is 0. The molecule has 0 aliphatic heterocycles. The van der Waals surface area contributed by atoms with E-state index in [2.05, 4.69) is 6.92 Å². The third-order valence-electron chi connectivity index (χ3n) is 4.82. The van der Waals surface area contributed by atoms with Crippen LogP contribution in [0.2, 0.25) is 0 Å². The minimum absolute atomic E-state index is 0.933. The molecule has 1 spiro atoms. The van der Waals surface area contributed by atoms with Crippen molar-refractivity contribution >= 4 is 0 Å². The molecule has 4 fully saturated rings. The summed E-state index contributed by atoms with van der Waals surface area (Å²) >= 11 is 0. The summed E-state index contributed by atoms with van der Waals surface area (Å²) in [6, 6.07) is 0. The molecule has 8 heavy (non-hydrogen) atoms. The zero-order valence-electron chi connectivity index (χ0n) is 5.15. The predicted octanol–water partition coefficient (Wildman–Crippen LogP) is 1.66. The van der Waals surface area contributed by atoms with Gasteiger partial charge >= 0.3 is 0 Å². The summed E-state index contributed by atoms with van der Waals surface area (Å²) in [5.41, 5.74) is 1.98. The van der Waals surface area contributed by atoms with Crippen LogP contribution in [0.4, 0.5) is 0 Å². The number of hydrogen-bond donors (Lipinski definition) is 0. The molecule has 0 N–H and O–H groups in total. The van der Waals surface area contributed by atoms with Gasteiger partial charge in [-0.3, -0.25) is 0 Å². The van der Waals surface area contributed by atoms with E-state index in [1.807, 2.05) is 0 Å². The Morgan fingerprint density at radius 1 is 1.50 bits per heavy atom. The van der Waals surface area contributed by atoms with Gasteiger partial charge in [-0.1, -0.05) is 6.92 Å². The highest BCUT2D eigenvalue weighted by molar-refractivity contribution is 5.56. The summed E-state index contributed by atoms with van der Waals surface area (Å²) in [6.45, 7) is 2.52. The molecule has 4 rings (SSSR count). The lowest BCUT2D eigenvalue weighted by Crippen LogP contribution is -2.07. The smallest absolute Gasteiger partial charge is 0.0139 e. The molecule has 0 heterocycles. The highest BCUT2D eigenvalue weighted by Crippen LogP contribution is 3.13. The second-order valence-corrected chi connectivity index (χ2v) is 4.50. The van der Waals surface area contributed by atoms with Crippen molar-refractivity contribution in [2.24, 2.45) is 28.6 Å². The van der Waals surface area contributed by atoms with Crippen LogP contribution in [0.3, 0.4) is 0 Å². The lowest BCUT2D eigenvalue weighted by molar-refractivity contribution is 0.340. The van der Waals surface area contributed by atoms with E-state index in [0.717, 1.165) is 10.8 Å². The van der Waals surface area contributed by atoms with Crippen molar-refractivity contribution in [3.63, 3.8) is 0 Å². The average molecular weight is 106 g/mol. The Balaban J connectivity index is 2.07. The normalized spacial score (nSPS) is 94.9. The molecule has 0 saturated heterocycles. The van der Waals surface area contributed by atoms with E-state index in [1.54, 1.807) is 12.8 Å². The van der Waals surface area contributed by atoms with Crippen LogP contribution in [0.1, 0.15) is 19.8 Å². The van der Waals surface area contributed by atoms with Gasteiger partial charge in [-0.2, -0.15) is 0 Å². The first-order valence-corrected chi connectivity index (χ1v) is 3.83. The summed E-state index contributed by atoms with van der Waals surface area (Å²) in [4.78, 5) is 0. The SMILES string of the molecule is CC12CCC3C4[C@H]1C342. The predicted molar refractivity (Wildman–Crippen MR) is 30.2 cm³/mol. The quantitative estimate of drug-likeness (QED) is 0.440. The fourth-order valence-electron chi connectivity index (χ4n) is 4.42. The van der Waals surface area contributed by atoms with Gasteiger partial charge in [0.1, 0.15) is 0 Å². The Morgan fingerprint density at radius 3 is 2.50 bits per heavy atom. The zero-order chi connectivity index (χ0) is 5.15. The molecule has 0 amide bonds. The Morgan fingerprint density at radius 2 is 2.38 bits per heavy atom. The molecule has 4 saturated carbocycles. The number of rotatable bonds is 0. The third-order valence-corrected chi connectivity index (χ3v) is 4.82. The van der Waals surface area contributed by atoms with Crippen LogP contribution < -0.4 is 0 Å². The molecule has 0 aromatic heterocycles. The molecule has 0 bridgehead atoms. The van der Waals surface area contributed by atoms with Crippen LogP contribution in [-0.2, 0) is 0 Å². The van der Waals surface area contributed by atoms with Crippen LogP contribution in [0, 0.1) is 28.6 Å². The first-order chi connectivity index (χ1) is 3.83. The van der Waals surface area contributed by atoms with E-state index in [0.29, 0.717) is 0 Å². The van der Waals surface area contributed by atoms with Gasteiger partial charge in [-0.15, -0.1) is 0 Å². The van der Waals surface area contributed by atoms with Crippen molar-refractivity contribution in [2.75, 3.05) is 0 Å². The minimum Gasteiger partial charge on any atom is -0.0588 e. The fourth-order valence-corrected chi connectivity index (χ4v) is 4.42. The van der Waals surface area contributed by atoms with Gasteiger partial charge in [0.25, 0.3) is 0 Å². The first-order valence-electron chi connectivity index (χ1n) is 3.83. The van der Waals surface area contributed by atoms with Crippen LogP contribution >= 0.6 is 0 Å². The van der Waals surface area contributed by atoms with E-state index >= 15 is 0 Å². The van der Waals surface area contributed by atoms with E-state index < -0.39 is 0 Å². The number of hydrogen-bond acceptors (Lipinski definition) is 0. The van der Waals surface area contributed by atoms with Crippen LogP contribution in [0.15, 0.2) is 0 Å². The zero-order valence-corrected chi connectivity index (χ0v) is 5.15. The van der Waals surface area contributed by atoms with E-state index in [4.69, 9.17) is 0 Å². The lowest BCUT2D eigenvalue weighted by atomic mass is 9.89. The second-order valence-electron chi connectivity index (χ2n) is 4.50. The summed E-state index contributed by atoms with van der Waals surface area (Å²) in [7, 11) is 0. The maximum absolute atomic E-state index is 2.52. The second kappa shape index (κ2) is 0.476. The molecular weight excluding hydrogens is 96.1 g/mol. The molecule has 4 aliphatic rings. The van der Waals surface area contributed by atoms with E-state index in [9.17, 15) is 0 Å². The Bertz CT molecular complexity index is 195. The van der Waals surface area contributed by atoms with Gasteiger partial charge in [0.2, 0.25) is 0 Å². The molecule has 0 heteroatoms. The van der Waals surface area contributed by atoms with Gasteiger partial charge in [0.05, 0.1) is 0 Å². The molecule has 0 nitrogen and oxygen atoms in total. The molecule has 0 aromatic carbocycles. The molecule has 0 radical (unpaired) electrons. The third kappa shape index (κ3) is 0.0892. The molecule has 4 aliphatic carbocycles. The van der Waals surface area contributed by atoms with Gasteiger partial charge in [0.15, 0.2) is 0 Å². The summed E-state index contributed by atoms with van der Waals surface area (Å²) in [6.07, 6.45) is 3.18. The van der Waals surface area contributed by atoms with Gasteiger partial charge in [-0.05, 0) is 41.4 Å². The average Bonchev–Trinajstić information content (AvgIpc) is 2.50. The first kappa shape index (κ1) is 3.24. The van der Waals surface area contributed by atoms with Crippen molar-refractivity contribution < 1.29 is 0 Å². The molecule has 4 unspecified atom stereocenters. The van der Waals surface area contributed by atoms with Crippen molar-refractivity contribution in [3.8, 4) is 0 Å². The Kier molecular flexibility index (Phi) is 0.193. The maximum Gasteiger partial charge on any atom is -0.0139 e. The van der Waals surface area contributed by atoms with Crippen LogP contribution in [0.25, 0.3) is 0 Å². The highest BCUT2D eigenvalue weighted by atomic mass is 15.1. The fraction of sp³-hybridized carbons (Fsp3) is 1.00. The molecule has 42 valence electrons. The van der Waals surface area contributed by atoms with Crippen molar-refractivity contribution in [1.29, 1.82) is 0 Å². The number of fused-ring (bicyclic) bond motifs is 3. The summed E-state index contributed by atoms with van der Waals surface area (Å²) < 4.78 is 0. The van der Waals surface area contributed by atoms with Crippen molar-refractivity contribution in [1.82, 2.24) is 0 Å². The Labute approximate surface area is 49.3 Å². The van der Waals surface area contributed by atoms with Gasteiger partial charge in [0, 0.05) is 0 Å². The minimum atomic E-state index is 0.933. The standard InChI is InChI=1S/C8H10/c1-7-3-2-4-5-6(7)8(4,5)7/h4-6H,2-3H2,1H3/t4?,5?,6-,7?,8?/m1/s1. The molecule has 5 atom stereocenters. The van der Waals surface area contributed by atoms with Crippen LogP contribution in [0.5, 0.6) is 0 Å². The molecular formula is C8H10. The largest absolute Gasteiger partial charge is 0.0588 e. The molecule has 0 aromatic rings. The summed E-state index contributed by atoms with van der Waals surface area (Å²) in [5.74, 6) is 3.83. The maximum atomic E-state index is 2.52. The monoisotopic (exact) mass is 106 g/mol. The van der Waals surface area contributed by atoms with Crippen LogP contribution in [-0.4, -0.2) is 0 Å². The Hall–Kier alpha value is 0.